The molecule has 2 aromatic heterocycles. The number of fused-ring (bicyclic) bond motifs is 1. The fourth-order valence-electron chi connectivity index (χ4n) is 4.27. The van der Waals surface area contributed by atoms with E-state index in [0.29, 0.717) is 39.5 Å². The molecule has 0 bridgehead atoms. The molecule has 7 nitrogen and oxygen atoms in total. The third-order valence-electron chi connectivity index (χ3n) is 5.54. The Morgan fingerprint density at radius 2 is 1.94 bits per heavy atom. The minimum Gasteiger partial charge on any atom is -0.393 e. The number of aromatic nitrogens is 4. The Kier molecular flexibility index (Phi) is 8.26. The van der Waals surface area contributed by atoms with Crippen LogP contribution in [0, 0.1) is 12.7 Å². The van der Waals surface area contributed by atoms with Crippen LogP contribution in [0.25, 0.3) is 22.3 Å². The largest absolute Gasteiger partial charge is 0.393 e. The molecule has 0 radical (unpaired) electrons. The summed E-state index contributed by atoms with van der Waals surface area (Å²) in [6.07, 6.45) is 5.91. The van der Waals surface area contributed by atoms with Gasteiger partial charge in [-0.15, -0.1) is 0 Å². The summed E-state index contributed by atoms with van der Waals surface area (Å²) in [4.78, 5) is 12.2. The van der Waals surface area contributed by atoms with E-state index < -0.39 is 5.82 Å². The molecule has 9 heteroatoms. The fourth-order valence-corrected chi connectivity index (χ4v) is 4.47. The second-order valence-electron chi connectivity index (χ2n) is 9.00. The van der Waals surface area contributed by atoms with Crippen LogP contribution in [0.5, 0.6) is 0 Å². The van der Waals surface area contributed by atoms with Crippen LogP contribution in [0.2, 0.25) is 5.02 Å². The van der Waals surface area contributed by atoms with Gasteiger partial charge in [-0.05, 0) is 72.4 Å². The predicted molar refractivity (Wildman–Crippen MR) is 130 cm³/mol. The number of imidazole rings is 1. The summed E-state index contributed by atoms with van der Waals surface area (Å²) in [6.45, 7) is 9.99. The van der Waals surface area contributed by atoms with Crippen LogP contribution in [0.1, 0.15) is 65.2 Å². The lowest BCUT2D eigenvalue weighted by Crippen LogP contribution is -2.28. The fraction of sp³-hybridized carbons (Fsp3) is 0.542. The van der Waals surface area contributed by atoms with Crippen LogP contribution < -0.4 is 5.73 Å². The number of aryl methyl sites for hydroxylation is 1. The zero-order valence-corrected chi connectivity index (χ0v) is 20.6. The van der Waals surface area contributed by atoms with Crippen molar-refractivity contribution in [2.24, 2.45) is 0 Å². The maximum Gasteiger partial charge on any atom is 0.220 e. The van der Waals surface area contributed by atoms with Crippen molar-refractivity contribution in [1.82, 2.24) is 19.5 Å². The highest BCUT2D eigenvalue weighted by molar-refractivity contribution is 6.33. The molecule has 1 aliphatic carbocycles. The third-order valence-corrected chi connectivity index (χ3v) is 5.82. The number of hydrogen-bond acceptors (Lipinski definition) is 6. The molecule has 2 unspecified atom stereocenters. The summed E-state index contributed by atoms with van der Waals surface area (Å²) in [5.74, 6) is 0.436. The molecule has 2 heterocycles. The Hall–Kier alpha value is -2.29. The molecule has 1 fully saturated rings. The second-order valence-corrected chi connectivity index (χ2v) is 9.41. The summed E-state index contributed by atoms with van der Waals surface area (Å²) in [5, 5.41) is 9.63. The zero-order chi connectivity index (χ0) is 24.3. The lowest BCUT2D eigenvalue weighted by molar-refractivity contribution is -0.0429. The summed E-state index contributed by atoms with van der Waals surface area (Å²) in [7, 11) is 0. The SMILES string of the molecule is CC(C)OC1CCCC(O)C1.Cc1nc2c(F)cc(-c3nc(N)ncc3Cl)cc2n1C(C)C. The normalized spacial score (nSPS) is 18.6. The van der Waals surface area contributed by atoms with E-state index in [0.717, 1.165) is 31.5 Å². The highest BCUT2D eigenvalue weighted by Crippen LogP contribution is 2.32. The number of aliphatic hydroxyl groups is 1. The molecule has 4 rings (SSSR count). The Morgan fingerprint density at radius 3 is 2.58 bits per heavy atom. The Labute approximate surface area is 199 Å². The zero-order valence-electron chi connectivity index (χ0n) is 19.8. The number of halogens is 2. The van der Waals surface area contributed by atoms with Gasteiger partial charge in [0.25, 0.3) is 0 Å². The molecule has 3 N–H and O–H groups in total. The standard InChI is InChI=1S/C15H15ClFN5.C9H18O2/c1-7(2)22-8(3)20-14-11(17)4-9(5-12(14)22)13-10(16)6-19-15(18)21-13;1-7(2)11-9-5-3-4-8(10)6-9/h4-7H,1-3H3,(H2,18,19,21);7-10H,3-6H2,1-2H3. The van der Waals surface area contributed by atoms with Crippen LogP contribution >= 0.6 is 11.6 Å². The maximum absolute atomic E-state index is 14.4. The van der Waals surface area contributed by atoms with Gasteiger partial charge in [-0.25, -0.2) is 19.3 Å². The van der Waals surface area contributed by atoms with Crippen LogP contribution in [0.3, 0.4) is 0 Å². The van der Waals surface area contributed by atoms with Crippen molar-refractivity contribution in [2.75, 3.05) is 5.73 Å². The molecule has 0 amide bonds. The first-order valence-electron chi connectivity index (χ1n) is 11.4. The quantitative estimate of drug-likeness (QED) is 0.516. The van der Waals surface area contributed by atoms with Crippen LogP contribution in [-0.2, 0) is 4.74 Å². The summed E-state index contributed by atoms with van der Waals surface area (Å²) in [6, 6.07) is 3.35. The van der Waals surface area contributed by atoms with E-state index in [1.807, 2.05) is 45.3 Å². The van der Waals surface area contributed by atoms with Gasteiger partial charge < -0.3 is 20.1 Å². The molecule has 180 valence electrons. The third kappa shape index (κ3) is 6.19. The number of nitrogens with two attached hydrogens (primary N) is 1. The number of nitrogens with zero attached hydrogens (tertiary/aromatic N) is 4. The summed E-state index contributed by atoms with van der Waals surface area (Å²) < 4.78 is 22.0. The van der Waals surface area contributed by atoms with Crippen molar-refractivity contribution in [1.29, 1.82) is 0 Å². The van der Waals surface area contributed by atoms with Gasteiger partial charge in [-0.3, -0.25) is 0 Å². The minimum absolute atomic E-state index is 0.0912. The first-order valence-corrected chi connectivity index (χ1v) is 11.7. The number of nitrogen functional groups attached to an aromatic ring is 1. The second kappa shape index (κ2) is 10.8. The topological polar surface area (TPSA) is 99.1 Å². The van der Waals surface area contributed by atoms with Gasteiger partial charge in [0.05, 0.1) is 40.7 Å². The highest BCUT2D eigenvalue weighted by Gasteiger charge is 2.21. The molecule has 1 aliphatic rings. The van der Waals surface area contributed by atoms with E-state index >= 15 is 0 Å². The van der Waals surface area contributed by atoms with Crippen LogP contribution in [0.15, 0.2) is 18.3 Å². The van der Waals surface area contributed by atoms with Crippen molar-refractivity contribution < 1.29 is 14.2 Å². The van der Waals surface area contributed by atoms with Gasteiger partial charge >= 0.3 is 0 Å². The molecule has 0 aliphatic heterocycles. The molecular formula is C24H33ClFN5O2. The number of hydrogen-bond donors (Lipinski definition) is 2. The van der Waals surface area contributed by atoms with Crippen molar-refractivity contribution in [3.05, 3.63) is 35.0 Å². The molecule has 1 saturated carbocycles. The number of rotatable bonds is 4. The molecule has 33 heavy (non-hydrogen) atoms. The van der Waals surface area contributed by atoms with Gasteiger partial charge in [0.1, 0.15) is 11.3 Å². The van der Waals surface area contributed by atoms with E-state index in [-0.39, 0.29) is 18.1 Å². The van der Waals surface area contributed by atoms with Crippen LogP contribution in [0.4, 0.5) is 10.3 Å². The highest BCUT2D eigenvalue weighted by atomic mass is 35.5. The molecule has 0 saturated heterocycles. The first-order chi connectivity index (χ1) is 15.6. The van der Waals surface area contributed by atoms with E-state index in [1.54, 1.807) is 0 Å². The van der Waals surface area contributed by atoms with Gasteiger partial charge in [0, 0.05) is 11.6 Å². The maximum atomic E-state index is 14.4. The number of benzene rings is 1. The van der Waals surface area contributed by atoms with Crippen molar-refractivity contribution in [2.45, 2.75) is 84.7 Å². The average Bonchev–Trinajstić information content (AvgIpc) is 3.06. The van der Waals surface area contributed by atoms with E-state index in [2.05, 4.69) is 15.0 Å². The molecular weight excluding hydrogens is 445 g/mol. The Bertz CT molecular complexity index is 1100. The minimum atomic E-state index is -0.414. The predicted octanol–water partition coefficient (Wildman–Crippen LogP) is 5.47. The number of aliphatic hydroxyl groups excluding tert-OH is 1. The van der Waals surface area contributed by atoms with E-state index in [4.69, 9.17) is 22.1 Å². The smallest absolute Gasteiger partial charge is 0.220 e. The van der Waals surface area contributed by atoms with Gasteiger partial charge in [0.2, 0.25) is 5.95 Å². The number of ether oxygens (including phenoxy) is 1. The summed E-state index contributed by atoms with van der Waals surface area (Å²) >= 11 is 6.12. The van der Waals surface area contributed by atoms with Crippen molar-refractivity contribution >= 4 is 28.6 Å². The average molecular weight is 478 g/mol. The van der Waals surface area contributed by atoms with Gasteiger partial charge in [-0.1, -0.05) is 11.6 Å². The van der Waals surface area contributed by atoms with E-state index in [9.17, 15) is 9.50 Å². The molecule has 1 aromatic carbocycles. The monoisotopic (exact) mass is 477 g/mol. The van der Waals surface area contributed by atoms with Crippen LogP contribution in [-0.4, -0.2) is 42.9 Å². The molecule has 3 aromatic rings. The Morgan fingerprint density at radius 1 is 1.21 bits per heavy atom. The lowest BCUT2D eigenvalue weighted by Gasteiger charge is -2.27. The van der Waals surface area contributed by atoms with E-state index in [1.165, 1.54) is 12.3 Å². The summed E-state index contributed by atoms with van der Waals surface area (Å²) in [5.41, 5.74) is 7.60. The molecule has 2 atom stereocenters. The van der Waals surface area contributed by atoms with Gasteiger partial charge in [0.15, 0.2) is 5.82 Å². The van der Waals surface area contributed by atoms with Gasteiger partial charge in [-0.2, -0.15) is 0 Å². The van der Waals surface area contributed by atoms with Crippen molar-refractivity contribution in [3.8, 4) is 11.3 Å². The first kappa shape index (κ1) is 25.3. The number of anilines is 1. The lowest BCUT2D eigenvalue weighted by atomic mass is 9.95. The molecule has 0 spiro atoms. The Balaban J connectivity index is 0.000000235. The van der Waals surface area contributed by atoms with Crippen molar-refractivity contribution in [3.63, 3.8) is 0 Å².